The molecule has 6 N–H and O–H groups in total. The van der Waals surface area contributed by atoms with Crippen molar-refractivity contribution in [1.29, 1.82) is 0 Å². The molecule has 0 radical (unpaired) electrons. The molecule has 2 fully saturated rings. The van der Waals surface area contributed by atoms with Gasteiger partial charge in [-0.25, -0.2) is 0 Å². The van der Waals surface area contributed by atoms with E-state index in [0.717, 1.165) is 0 Å². The third-order valence-corrected chi connectivity index (χ3v) is 4.67. The van der Waals surface area contributed by atoms with Crippen LogP contribution in [0, 0.1) is 5.92 Å². The SMILES string of the molecule is C[C@@H]1OC(CO[C@H]2OC(CO)[C@@H](O)C(O)[C@@H]2O)[C@@H](O)C(O)[C@@H]1C. The predicted octanol–water partition coefficient (Wildman–Crippen LogP) is -3.05. The zero-order valence-corrected chi connectivity index (χ0v) is 13.1. The Labute approximate surface area is 134 Å². The second kappa shape index (κ2) is 7.68. The molecule has 0 spiro atoms. The Morgan fingerprint density at radius 1 is 0.783 bits per heavy atom. The molecule has 0 saturated carbocycles. The van der Waals surface area contributed by atoms with Gasteiger partial charge in [-0.15, -0.1) is 0 Å². The van der Waals surface area contributed by atoms with Crippen LogP contribution in [-0.4, -0.2) is 99.0 Å². The zero-order chi connectivity index (χ0) is 17.3. The zero-order valence-electron chi connectivity index (χ0n) is 13.1. The summed E-state index contributed by atoms with van der Waals surface area (Å²) >= 11 is 0. The third kappa shape index (κ3) is 3.84. The molecule has 9 heteroatoms. The Morgan fingerprint density at radius 2 is 1.39 bits per heavy atom. The lowest BCUT2D eigenvalue weighted by Crippen LogP contribution is -2.60. The van der Waals surface area contributed by atoms with Crippen molar-refractivity contribution >= 4 is 0 Å². The summed E-state index contributed by atoms with van der Waals surface area (Å²) < 4.78 is 16.1. The maximum atomic E-state index is 10.0. The molecule has 0 aromatic heterocycles. The molecule has 9 nitrogen and oxygen atoms in total. The first kappa shape index (κ1) is 19.0. The summed E-state index contributed by atoms with van der Waals surface area (Å²) in [6, 6.07) is 0. The average molecular weight is 338 g/mol. The second-order valence-electron chi connectivity index (χ2n) is 6.25. The van der Waals surface area contributed by atoms with E-state index in [2.05, 4.69) is 0 Å². The number of ether oxygens (including phenoxy) is 3. The van der Waals surface area contributed by atoms with Gasteiger partial charge >= 0.3 is 0 Å². The minimum atomic E-state index is -1.53. The van der Waals surface area contributed by atoms with Crippen LogP contribution < -0.4 is 0 Å². The van der Waals surface area contributed by atoms with Crippen LogP contribution >= 0.6 is 0 Å². The lowest BCUT2D eigenvalue weighted by atomic mass is 9.89. The lowest BCUT2D eigenvalue weighted by molar-refractivity contribution is -0.312. The van der Waals surface area contributed by atoms with E-state index in [9.17, 15) is 25.5 Å². The molecule has 2 rings (SSSR count). The molecule has 2 heterocycles. The Balaban J connectivity index is 1.94. The summed E-state index contributed by atoms with van der Waals surface area (Å²) in [7, 11) is 0. The monoisotopic (exact) mass is 338 g/mol. The number of aliphatic hydroxyl groups excluding tert-OH is 6. The van der Waals surface area contributed by atoms with Gasteiger partial charge in [-0.2, -0.15) is 0 Å². The first-order valence-electron chi connectivity index (χ1n) is 7.71. The summed E-state index contributed by atoms with van der Waals surface area (Å²) in [5, 5.41) is 58.3. The van der Waals surface area contributed by atoms with E-state index in [1.54, 1.807) is 13.8 Å². The van der Waals surface area contributed by atoms with E-state index in [1.807, 2.05) is 0 Å². The summed E-state index contributed by atoms with van der Waals surface area (Å²) in [4.78, 5) is 0. The molecule has 0 bridgehead atoms. The van der Waals surface area contributed by atoms with Crippen molar-refractivity contribution in [2.24, 2.45) is 5.92 Å². The van der Waals surface area contributed by atoms with Gasteiger partial charge in [-0.05, 0) is 6.92 Å². The van der Waals surface area contributed by atoms with Crippen molar-refractivity contribution in [3.05, 3.63) is 0 Å². The maximum absolute atomic E-state index is 10.0. The number of hydrogen-bond acceptors (Lipinski definition) is 9. The van der Waals surface area contributed by atoms with E-state index in [-0.39, 0.29) is 18.6 Å². The van der Waals surface area contributed by atoms with Gasteiger partial charge in [0.25, 0.3) is 0 Å². The fourth-order valence-electron chi connectivity index (χ4n) is 2.82. The van der Waals surface area contributed by atoms with Crippen molar-refractivity contribution in [3.63, 3.8) is 0 Å². The summed E-state index contributed by atoms with van der Waals surface area (Å²) in [5.41, 5.74) is 0. The van der Waals surface area contributed by atoms with Gasteiger partial charge in [0.15, 0.2) is 6.29 Å². The van der Waals surface area contributed by atoms with E-state index < -0.39 is 55.6 Å². The molecule has 2 saturated heterocycles. The Morgan fingerprint density at radius 3 is 2.00 bits per heavy atom. The van der Waals surface area contributed by atoms with Gasteiger partial charge in [0.1, 0.15) is 36.6 Å². The van der Waals surface area contributed by atoms with Crippen molar-refractivity contribution in [2.75, 3.05) is 13.2 Å². The van der Waals surface area contributed by atoms with Crippen molar-refractivity contribution in [3.8, 4) is 0 Å². The van der Waals surface area contributed by atoms with Crippen LogP contribution in [0.2, 0.25) is 0 Å². The molecule has 136 valence electrons. The van der Waals surface area contributed by atoms with Crippen LogP contribution in [0.5, 0.6) is 0 Å². The molecule has 10 atom stereocenters. The van der Waals surface area contributed by atoms with Crippen LogP contribution in [0.3, 0.4) is 0 Å². The average Bonchev–Trinajstić information content (AvgIpc) is 2.54. The summed E-state index contributed by atoms with van der Waals surface area (Å²) in [6.45, 7) is 2.77. The van der Waals surface area contributed by atoms with Crippen LogP contribution in [0.15, 0.2) is 0 Å². The highest BCUT2D eigenvalue weighted by Crippen LogP contribution is 2.27. The van der Waals surface area contributed by atoms with E-state index in [1.165, 1.54) is 0 Å². The van der Waals surface area contributed by atoms with Crippen LogP contribution in [0.25, 0.3) is 0 Å². The van der Waals surface area contributed by atoms with E-state index in [0.29, 0.717) is 0 Å². The fourth-order valence-corrected chi connectivity index (χ4v) is 2.82. The lowest BCUT2D eigenvalue weighted by Gasteiger charge is -2.42. The molecular formula is C14H26O9. The van der Waals surface area contributed by atoms with Crippen LogP contribution in [0.1, 0.15) is 13.8 Å². The normalized spacial score (nSPS) is 51.7. The molecule has 4 unspecified atom stereocenters. The molecule has 2 aliphatic rings. The van der Waals surface area contributed by atoms with Crippen LogP contribution in [0.4, 0.5) is 0 Å². The quantitative estimate of drug-likeness (QED) is 0.314. The Bertz CT molecular complexity index is 379. The molecule has 23 heavy (non-hydrogen) atoms. The maximum Gasteiger partial charge on any atom is 0.186 e. The highest BCUT2D eigenvalue weighted by molar-refractivity contribution is 4.91. The van der Waals surface area contributed by atoms with Crippen molar-refractivity contribution in [2.45, 2.75) is 69.0 Å². The first-order chi connectivity index (χ1) is 10.8. The topological polar surface area (TPSA) is 149 Å². The smallest absolute Gasteiger partial charge is 0.186 e. The van der Waals surface area contributed by atoms with Gasteiger partial charge in [-0.3, -0.25) is 0 Å². The first-order valence-corrected chi connectivity index (χ1v) is 7.71. The van der Waals surface area contributed by atoms with Gasteiger partial charge in [0.2, 0.25) is 0 Å². The van der Waals surface area contributed by atoms with Gasteiger partial charge in [-0.1, -0.05) is 6.92 Å². The highest BCUT2D eigenvalue weighted by Gasteiger charge is 2.45. The molecule has 0 amide bonds. The van der Waals surface area contributed by atoms with Crippen LogP contribution in [-0.2, 0) is 14.2 Å². The van der Waals surface area contributed by atoms with Gasteiger partial charge in [0.05, 0.1) is 25.4 Å². The Kier molecular flexibility index (Phi) is 6.34. The summed E-state index contributed by atoms with van der Waals surface area (Å²) in [5.74, 6) is -0.242. The standard InChI is InChI=1S/C14H26O9/c1-5-6(2)22-8(11(18)9(5)16)4-21-14-13(20)12(19)10(17)7(3-15)23-14/h5-20H,3-4H2,1-2H3/t5-,6+,7?,8?,9?,10-,11-,12?,13+,14+/m1/s1. The fraction of sp³-hybridized carbons (Fsp3) is 1.00. The van der Waals surface area contributed by atoms with E-state index in [4.69, 9.17) is 19.3 Å². The van der Waals surface area contributed by atoms with Crippen molar-refractivity contribution < 1.29 is 44.8 Å². The number of hydrogen-bond donors (Lipinski definition) is 6. The largest absolute Gasteiger partial charge is 0.394 e. The molecule has 0 aromatic rings. The minimum absolute atomic E-state index is 0.196. The molecule has 0 aromatic carbocycles. The third-order valence-electron chi connectivity index (χ3n) is 4.67. The van der Waals surface area contributed by atoms with E-state index >= 15 is 0 Å². The van der Waals surface area contributed by atoms with Crippen molar-refractivity contribution in [1.82, 2.24) is 0 Å². The van der Waals surface area contributed by atoms with Gasteiger partial charge < -0.3 is 44.8 Å². The van der Waals surface area contributed by atoms with Gasteiger partial charge in [0, 0.05) is 5.92 Å². The highest BCUT2D eigenvalue weighted by atomic mass is 16.7. The number of rotatable bonds is 4. The minimum Gasteiger partial charge on any atom is -0.394 e. The summed E-state index contributed by atoms with van der Waals surface area (Å²) in [6.07, 6.45) is -10.1. The predicted molar refractivity (Wildman–Crippen MR) is 75.2 cm³/mol. The molecule has 0 aliphatic carbocycles. The number of aliphatic hydroxyl groups is 6. The molecular weight excluding hydrogens is 312 g/mol. The second-order valence-corrected chi connectivity index (χ2v) is 6.25. The Hall–Kier alpha value is -0.360. The molecule has 2 aliphatic heterocycles.